The van der Waals surface area contributed by atoms with Gasteiger partial charge in [0, 0.05) is 12.0 Å². The van der Waals surface area contributed by atoms with Gasteiger partial charge in [-0.3, -0.25) is 0 Å². The number of nitrogens with zero attached hydrogens (tertiary/aromatic N) is 1. The Morgan fingerprint density at radius 1 is 1.03 bits per heavy atom. The summed E-state index contributed by atoms with van der Waals surface area (Å²) in [5.41, 5.74) is 5.26. The van der Waals surface area contributed by atoms with Crippen LogP contribution in [0.3, 0.4) is 0 Å². The van der Waals surface area contributed by atoms with Crippen LogP contribution >= 0.6 is 0 Å². The summed E-state index contributed by atoms with van der Waals surface area (Å²) < 4.78 is 21.6. The van der Waals surface area contributed by atoms with Crippen LogP contribution < -0.4 is 9.47 Å². The molecule has 6 nitrogen and oxygen atoms in total. The highest BCUT2D eigenvalue weighted by Gasteiger charge is 2.27. The van der Waals surface area contributed by atoms with Gasteiger partial charge in [0.1, 0.15) is 6.61 Å². The topological polar surface area (TPSA) is 66.9 Å². The van der Waals surface area contributed by atoms with E-state index in [9.17, 15) is 4.79 Å². The van der Waals surface area contributed by atoms with Crippen molar-refractivity contribution in [2.24, 2.45) is 0 Å². The number of fused-ring (bicyclic) bond motifs is 2. The summed E-state index contributed by atoms with van der Waals surface area (Å²) in [6.45, 7) is 3.12. The quantitative estimate of drug-likeness (QED) is 0.371. The Balaban J connectivity index is 1.74. The van der Waals surface area contributed by atoms with Crippen molar-refractivity contribution in [1.82, 2.24) is 4.98 Å². The van der Waals surface area contributed by atoms with Gasteiger partial charge < -0.3 is 18.9 Å². The molecule has 0 fully saturated rings. The Morgan fingerprint density at radius 2 is 1.84 bits per heavy atom. The summed E-state index contributed by atoms with van der Waals surface area (Å²) in [7, 11) is 3.24. The number of aromatic nitrogens is 1. The van der Waals surface area contributed by atoms with Crippen LogP contribution in [-0.2, 0) is 15.9 Å². The molecule has 1 aliphatic rings. The molecule has 6 heteroatoms. The number of hydrogen-bond donors (Lipinski definition) is 0. The van der Waals surface area contributed by atoms with Gasteiger partial charge in [0.05, 0.1) is 37.6 Å². The molecule has 0 unspecified atom stereocenters. The lowest BCUT2D eigenvalue weighted by atomic mass is 10.0. The predicted molar refractivity (Wildman–Crippen MR) is 124 cm³/mol. The highest BCUT2D eigenvalue weighted by molar-refractivity contribution is 6.07. The van der Waals surface area contributed by atoms with Gasteiger partial charge in [0.2, 0.25) is 0 Å². The molecule has 0 N–H and O–H groups in total. The third-order valence-corrected chi connectivity index (χ3v) is 5.56. The number of ether oxygens (including phenoxy) is 4. The Labute approximate surface area is 187 Å². The predicted octanol–water partition coefficient (Wildman–Crippen LogP) is 4.93. The van der Waals surface area contributed by atoms with E-state index in [-0.39, 0.29) is 12.6 Å². The number of carbonyl (C=O) groups excluding carboxylic acids is 1. The van der Waals surface area contributed by atoms with Crippen LogP contribution in [0.1, 0.15) is 40.5 Å². The minimum atomic E-state index is -0.327. The molecule has 166 valence electrons. The smallest absolute Gasteiger partial charge is 0.339 e. The summed E-state index contributed by atoms with van der Waals surface area (Å²) in [4.78, 5) is 18.0. The van der Waals surface area contributed by atoms with Crippen LogP contribution in [0.25, 0.3) is 22.6 Å². The van der Waals surface area contributed by atoms with Gasteiger partial charge in [-0.25, -0.2) is 9.78 Å². The number of pyridine rings is 1. The monoisotopic (exact) mass is 433 g/mol. The van der Waals surface area contributed by atoms with Crippen molar-refractivity contribution in [1.29, 1.82) is 0 Å². The number of para-hydroxylation sites is 1. The third-order valence-electron chi connectivity index (χ3n) is 5.56. The largest absolute Gasteiger partial charge is 0.493 e. The Hall–Kier alpha value is -3.38. The lowest BCUT2D eigenvalue weighted by molar-refractivity contribution is 0.0336. The SMILES string of the molecule is CCOCCOC(=O)c1c2c(nc3ccccc13)/C(=C\c1ccc(OC)c(OC)c1)CC2. The molecule has 0 saturated heterocycles. The number of esters is 1. The standard InChI is InChI=1S/C26H27NO5/c1-4-31-13-14-32-26(28)24-19-7-5-6-8-21(19)27-25-18(10-11-20(24)25)15-17-9-12-22(29-2)23(16-17)30-3/h5-9,12,15-16H,4,10-11,13-14H2,1-3H3/b18-15-. The van der Waals surface area contributed by atoms with Crippen molar-refractivity contribution >= 4 is 28.5 Å². The normalized spacial score (nSPS) is 13.9. The molecule has 4 rings (SSSR count). The summed E-state index contributed by atoms with van der Waals surface area (Å²) in [6.07, 6.45) is 3.63. The molecule has 1 aliphatic carbocycles. The molecule has 1 aromatic heterocycles. The number of allylic oxidation sites excluding steroid dienone is 1. The van der Waals surface area contributed by atoms with Crippen molar-refractivity contribution in [3.05, 3.63) is 64.8 Å². The summed E-state index contributed by atoms with van der Waals surface area (Å²) in [6, 6.07) is 13.5. The van der Waals surface area contributed by atoms with E-state index in [1.54, 1.807) is 14.2 Å². The molecular weight excluding hydrogens is 406 g/mol. The van der Waals surface area contributed by atoms with E-state index >= 15 is 0 Å². The van der Waals surface area contributed by atoms with Crippen LogP contribution in [0.4, 0.5) is 0 Å². The molecule has 0 amide bonds. The van der Waals surface area contributed by atoms with Gasteiger partial charge in [0.25, 0.3) is 0 Å². The van der Waals surface area contributed by atoms with Crippen molar-refractivity contribution in [3.63, 3.8) is 0 Å². The Morgan fingerprint density at radius 3 is 2.62 bits per heavy atom. The fraction of sp³-hybridized carbons (Fsp3) is 0.308. The fourth-order valence-electron chi connectivity index (χ4n) is 4.07. The van der Waals surface area contributed by atoms with E-state index in [4.69, 9.17) is 23.9 Å². The first-order valence-corrected chi connectivity index (χ1v) is 10.8. The molecule has 3 aromatic rings. The maximum atomic E-state index is 13.0. The second-order valence-electron chi connectivity index (χ2n) is 7.45. The van der Waals surface area contributed by atoms with E-state index in [2.05, 4.69) is 6.08 Å². The van der Waals surface area contributed by atoms with E-state index in [1.807, 2.05) is 49.4 Å². The molecule has 0 saturated carbocycles. The number of carbonyl (C=O) groups is 1. The van der Waals surface area contributed by atoms with Gasteiger partial charge >= 0.3 is 5.97 Å². The van der Waals surface area contributed by atoms with Crippen molar-refractivity contribution < 1.29 is 23.7 Å². The maximum absolute atomic E-state index is 13.0. The molecule has 1 heterocycles. The van der Waals surface area contributed by atoms with Gasteiger partial charge in [-0.1, -0.05) is 24.3 Å². The van der Waals surface area contributed by atoms with E-state index in [0.717, 1.165) is 46.1 Å². The number of rotatable bonds is 8. The molecule has 0 aliphatic heterocycles. The van der Waals surface area contributed by atoms with Gasteiger partial charge in [-0.15, -0.1) is 0 Å². The molecular formula is C26H27NO5. The van der Waals surface area contributed by atoms with E-state index < -0.39 is 0 Å². The number of benzene rings is 2. The molecule has 0 bridgehead atoms. The van der Waals surface area contributed by atoms with Gasteiger partial charge in [-0.2, -0.15) is 0 Å². The number of methoxy groups -OCH3 is 2. The Bertz CT molecular complexity index is 1170. The molecule has 0 spiro atoms. The molecule has 0 radical (unpaired) electrons. The minimum Gasteiger partial charge on any atom is -0.493 e. The average Bonchev–Trinajstić information content (AvgIpc) is 3.21. The zero-order chi connectivity index (χ0) is 22.5. The highest BCUT2D eigenvalue weighted by atomic mass is 16.6. The maximum Gasteiger partial charge on any atom is 0.339 e. The van der Waals surface area contributed by atoms with Gasteiger partial charge in [-0.05, 0) is 60.7 Å². The summed E-state index contributed by atoms with van der Waals surface area (Å²) in [5.74, 6) is 1.03. The lowest BCUT2D eigenvalue weighted by Gasteiger charge is -2.12. The van der Waals surface area contributed by atoms with Crippen LogP contribution in [-0.4, -0.2) is 45.0 Å². The summed E-state index contributed by atoms with van der Waals surface area (Å²) in [5, 5.41) is 0.819. The second kappa shape index (κ2) is 9.83. The van der Waals surface area contributed by atoms with Crippen molar-refractivity contribution in [2.75, 3.05) is 34.0 Å². The van der Waals surface area contributed by atoms with Crippen LogP contribution in [0.5, 0.6) is 11.5 Å². The van der Waals surface area contributed by atoms with E-state index in [0.29, 0.717) is 30.3 Å². The van der Waals surface area contributed by atoms with Crippen LogP contribution in [0.15, 0.2) is 42.5 Å². The van der Waals surface area contributed by atoms with Gasteiger partial charge in [0.15, 0.2) is 11.5 Å². The average molecular weight is 434 g/mol. The minimum absolute atomic E-state index is 0.229. The number of hydrogen-bond acceptors (Lipinski definition) is 6. The first-order valence-electron chi connectivity index (χ1n) is 10.8. The van der Waals surface area contributed by atoms with Crippen molar-refractivity contribution in [2.45, 2.75) is 19.8 Å². The molecule has 32 heavy (non-hydrogen) atoms. The molecule has 0 atom stereocenters. The zero-order valence-electron chi connectivity index (χ0n) is 18.6. The van der Waals surface area contributed by atoms with Crippen LogP contribution in [0, 0.1) is 0 Å². The Kier molecular flexibility index (Phi) is 6.71. The zero-order valence-corrected chi connectivity index (χ0v) is 18.6. The third kappa shape index (κ3) is 4.32. The first-order chi connectivity index (χ1) is 15.7. The highest BCUT2D eigenvalue weighted by Crippen LogP contribution is 2.38. The lowest BCUT2D eigenvalue weighted by Crippen LogP contribution is -2.14. The summed E-state index contributed by atoms with van der Waals surface area (Å²) >= 11 is 0. The van der Waals surface area contributed by atoms with Crippen LogP contribution in [0.2, 0.25) is 0 Å². The first kappa shape index (κ1) is 21.8. The van der Waals surface area contributed by atoms with E-state index in [1.165, 1.54) is 0 Å². The fourth-order valence-corrected chi connectivity index (χ4v) is 4.07. The van der Waals surface area contributed by atoms with Crippen molar-refractivity contribution in [3.8, 4) is 11.5 Å². The second-order valence-corrected chi connectivity index (χ2v) is 7.45. The molecule has 2 aromatic carbocycles.